The molecular formula is C23H31N5O3. The van der Waals surface area contributed by atoms with Crippen molar-refractivity contribution < 1.29 is 14.0 Å². The highest BCUT2D eigenvalue weighted by Crippen LogP contribution is 2.11. The van der Waals surface area contributed by atoms with Gasteiger partial charge in [-0.05, 0) is 43.2 Å². The van der Waals surface area contributed by atoms with Gasteiger partial charge in [-0.15, -0.1) is 0 Å². The molecule has 3 N–H and O–H groups in total. The predicted octanol–water partition coefficient (Wildman–Crippen LogP) is 2.28. The number of nitrogens with one attached hydrogen (secondary N) is 3. The highest BCUT2D eigenvalue weighted by Gasteiger charge is 2.25. The van der Waals surface area contributed by atoms with Crippen molar-refractivity contribution in [3.8, 4) is 0 Å². The molecule has 8 nitrogen and oxygen atoms in total. The van der Waals surface area contributed by atoms with Crippen molar-refractivity contribution in [2.24, 2.45) is 4.99 Å². The Morgan fingerprint density at radius 2 is 2.06 bits per heavy atom. The molecule has 3 rings (SSSR count). The van der Waals surface area contributed by atoms with Gasteiger partial charge in [-0.2, -0.15) is 0 Å². The van der Waals surface area contributed by atoms with Crippen LogP contribution in [0.3, 0.4) is 0 Å². The van der Waals surface area contributed by atoms with Crippen molar-refractivity contribution in [3.63, 3.8) is 0 Å². The first-order valence-electron chi connectivity index (χ1n) is 10.8. The summed E-state index contributed by atoms with van der Waals surface area (Å²) in [5, 5.41) is 9.54. The first kappa shape index (κ1) is 22.4. The van der Waals surface area contributed by atoms with E-state index in [9.17, 15) is 9.59 Å². The van der Waals surface area contributed by atoms with Gasteiger partial charge >= 0.3 is 0 Å². The summed E-state index contributed by atoms with van der Waals surface area (Å²) < 4.78 is 5.24. The minimum atomic E-state index is -0.154. The summed E-state index contributed by atoms with van der Waals surface area (Å²) in [5.41, 5.74) is 1.53. The fourth-order valence-corrected chi connectivity index (χ4v) is 3.51. The zero-order chi connectivity index (χ0) is 22.1. The Bertz CT molecular complexity index is 894. The number of benzene rings is 1. The Morgan fingerprint density at radius 3 is 2.81 bits per heavy atom. The highest BCUT2D eigenvalue weighted by atomic mass is 16.3. The van der Waals surface area contributed by atoms with Gasteiger partial charge in [-0.3, -0.25) is 9.59 Å². The van der Waals surface area contributed by atoms with E-state index in [-0.39, 0.29) is 17.9 Å². The van der Waals surface area contributed by atoms with Gasteiger partial charge in [0.15, 0.2) is 5.96 Å². The third kappa shape index (κ3) is 6.60. The van der Waals surface area contributed by atoms with Crippen LogP contribution in [0.2, 0.25) is 0 Å². The van der Waals surface area contributed by atoms with E-state index >= 15 is 0 Å². The molecule has 31 heavy (non-hydrogen) atoms. The van der Waals surface area contributed by atoms with Gasteiger partial charge in [-0.1, -0.05) is 19.1 Å². The zero-order valence-corrected chi connectivity index (χ0v) is 18.2. The van der Waals surface area contributed by atoms with E-state index in [1.165, 1.54) is 0 Å². The van der Waals surface area contributed by atoms with Gasteiger partial charge in [-0.25, -0.2) is 4.99 Å². The molecule has 1 atom stereocenters. The maximum absolute atomic E-state index is 12.4. The van der Waals surface area contributed by atoms with Crippen LogP contribution >= 0.6 is 0 Å². The molecule has 0 spiro atoms. The molecule has 1 saturated heterocycles. The van der Waals surface area contributed by atoms with Gasteiger partial charge in [0, 0.05) is 37.7 Å². The maximum atomic E-state index is 12.4. The molecule has 0 aliphatic carbocycles. The standard InChI is InChI=1S/C23H31N5O3/c1-3-21(29)28-11-10-19(16-28)27-23(24-4-2)26-14-17-7-5-8-18(13-17)22(30)25-15-20-9-6-12-31-20/h5-9,12-13,19H,3-4,10-11,14-16H2,1-2H3,(H,25,30)(H2,24,26,27). The molecule has 2 heterocycles. The number of nitrogens with zero attached hydrogens (tertiary/aromatic N) is 2. The third-order valence-electron chi connectivity index (χ3n) is 5.14. The average molecular weight is 426 g/mol. The lowest BCUT2D eigenvalue weighted by Gasteiger charge is -2.18. The van der Waals surface area contributed by atoms with Gasteiger partial charge in [0.05, 0.1) is 19.4 Å². The topological polar surface area (TPSA) is 99.0 Å². The summed E-state index contributed by atoms with van der Waals surface area (Å²) >= 11 is 0. The minimum absolute atomic E-state index is 0.154. The number of hydrogen-bond acceptors (Lipinski definition) is 4. The molecule has 0 bridgehead atoms. The Morgan fingerprint density at radius 1 is 1.19 bits per heavy atom. The number of rotatable bonds is 8. The molecule has 166 valence electrons. The largest absolute Gasteiger partial charge is 0.467 e. The van der Waals surface area contributed by atoms with E-state index in [1.54, 1.807) is 18.4 Å². The van der Waals surface area contributed by atoms with Crippen LogP contribution in [-0.4, -0.2) is 48.3 Å². The maximum Gasteiger partial charge on any atom is 0.251 e. The van der Waals surface area contributed by atoms with Crippen molar-refractivity contribution in [1.29, 1.82) is 0 Å². The molecule has 0 saturated carbocycles. The predicted molar refractivity (Wildman–Crippen MR) is 120 cm³/mol. The number of carbonyl (C=O) groups excluding carboxylic acids is 2. The van der Waals surface area contributed by atoms with Crippen molar-refractivity contribution in [3.05, 3.63) is 59.5 Å². The number of furan rings is 1. The molecule has 1 unspecified atom stereocenters. The lowest BCUT2D eigenvalue weighted by Crippen LogP contribution is -2.45. The van der Waals surface area contributed by atoms with Crippen molar-refractivity contribution >= 4 is 17.8 Å². The second-order valence-corrected chi connectivity index (χ2v) is 7.48. The first-order chi connectivity index (χ1) is 15.1. The lowest BCUT2D eigenvalue weighted by atomic mass is 10.1. The van der Waals surface area contributed by atoms with Crippen LogP contribution in [-0.2, 0) is 17.9 Å². The Hall–Kier alpha value is -3.29. The molecule has 1 aliphatic rings. The van der Waals surface area contributed by atoms with Crippen molar-refractivity contribution in [2.75, 3.05) is 19.6 Å². The second kappa shape index (κ2) is 11.2. The SMILES string of the molecule is CCNC(=NCc1cccc(C(=O)NCc2ccco2)c1)NC1CCN(C(=O)CC)C1. The minimum Gasteiger partial charge on any atom is -0.467 e. The van der Waals surface area contributed by atoms with Crippen LogP contribution < -0.4 is 16.0 Å². The summed E-state index contributed by atoms with van der Waals surface area (Å²) in [7, 11) is 0. The smallest absolute Gasteiger partial charge is 0.251 e. The summed E-state index contributed by atoms with van der Waals surface area (Å²) in [4.78, 5) is 30.9. The summed E-state index contributed by atoms with van der Waals surface area (Å²) in [6.45, 7) is 6.91. The van der Waals surface area contributed by atoms with Crippen LogP contribution in [0.4, 0.5) is 0 Å². The average Bonchev–Trinajstić information content (AvgIpc) is 3.48. The molecule has 2 aromatic rings. The van der Waals surface area contributed by atoms with E-state index in [1.807, 2.05) is 43.0 Å². The first-order valence-corrected chi connectivity index (χ1v) is 10.8. The second-order valence-electron chi connectivity index (χ2n) is 7.48. The fourth-order valence-electron chi connectivity index (χ4n) is 3.51. The fraction of sp³-hybridized carbons (Fsp3) is 0.435. The molecule has 0 radical (unpaired) electrons. The van der Waals surface area contributed by atoms with E-state index in [0.29, 0.717) is 43.3 Å². The third-order valence-corrected chi connectivity index (χ3v) is 5.14. The van der Waals surface area contributed by atoms with Gasteiger partial charge in [0.1, 0.15) is 5.76 Å². The van der Waals surface area contributed by atoms with E-state index < -0.39 is 0 Å². The van der Waals surface area contributed by atoms with Crippen LogP contribution in [0, 0.1) is 0 Å². The quantitative estimate of drug-likeness (QED) is 0.445. The van der Waals surface area contributed by atoms with Crippen molar-refractivity contribution in [2.45, 2.75) is 45.8 Å². The van der Waals surface area contributed by atoms with Crippen LogP contribution in [0.5, 0.6) is 0 Å². The van der Waals surface area contributed by atoms with Gasteiger partial charge < -0.3 is 25.3 Å². The van der Waals surface area contributed by atoms with Gasteiger partial charge in [0.25, 0.3) is 5.91 Å². The lowest BCUT2D eigenvalue weighted by molar-refractivity contribution is -0.129. The van der Waals surface area contributed by atoms with E-state index in [0.717, 1.165) is 25.1 Å². The number of guanidine groups is 1. The molecule has 8 heteroatoms. The number of hydrogen-bond donors (Lipinski definition) is 3. The van der Waals surface area contributed by atoms with E-state index in [4.69, 9.17) is 4.42 Å². The summed E-state index contributed by atoms with van der Waals surface area (Å²) in [6, 6.07) is 11.2. The Labute approximate surface area is 183 Å². The molecular weight excluding hydrogens is 394 g/mol. The molecule has 1 fully saturated rings. The number of likely N-dealkylation sites (tertiary alicyclic amines) is 1. The molecule has 1 aromatic heterocycles. The number of amides is 2. The van der Waals surface area contributed by atoms with Crippen LogP contribution in [0.25, 0.3) is 0 Å². The number of aliphatic imine (C=N–C) groups is 1. The van der Waals surface area contributed by atoms with Crippen LogP contribution in [0.15, 0.2) is 52.1 Å². The zero-order valence-electron chi connectivity index (χ0n) is 18.2. The molecule has 2 amide bonds. The summed E-state index contributed by atoms with van der Waals surface area (Å²) in [5.74, 6) is 1.46. The molecule has 1 aromatic carbocycles. The Kier molecular flexibility index (Phi) is 8.09. The molecule has 1 aliphatic heterocycles. The normalized spacial score (nSPS) is 16.3. The highest BCUT2D eigenvalue weighted by molar-refractivity contribution is 5.94. The Balaban J connectivity index is 1.57. The van der Waals surface area contributed by atoms with Crippen LogP contribution in [0.1, 0.15) is 48.4 Å². The number of carbonyl (C=O) groups is 2. The summed E-state index contributed by atoms with van der Waals surface area (Å²) in [6.07, 6.45) is 3.02. The monoisotopic (exact) mass is 425 g/mol. The van der Waals surface area contributed by atoms with Crippen molar-refractivity contribution in [1.82, 2.24) is 20.9 Å². The van der Waals surface area contributed by atoms with Gasteiger partial charge in [0.2, 0.25) is 5.91 Å². The van der Waals surface area contributed by atoms with E-state index in [2.05, 4.69) is 20.9 Å².